The number of para-hydroxylation sites is 1. The van der Waals surface area contributed by atoms with Crippen molar-refractivity contribution in [1.29, 1.82) is 0 Å². The number of nitrogens with zero attached hydrogens (tertiary/aromatic N) is 1. The quantitative estimate of drug-likeness (QED) is 0.789. The van der Waals surface area contributed by atoms with Crippen LogP contribution in [-0.4, -0.2) is 11.7 Å². The molecule has 2 N–H and O–H groups in total. The lowest BCUT2D eigenvalue weighted by Crippen LogP contribution is -2.01. The van der Waals surface area contributed by atoms with Crippen molar-refractivity contribution in [2.24, 2.45) is 5.73 Å². The molecule has 3 aromatic rings. The minimum Gasteiger partial charge on any atom is -0.497 e. The number of aromatic nitrogens is 1. The van der Waals surface area contributed by atoms with Crippen LogP contribution in [0.15, 0.2) is 48.5 Å². The standard InChI is InChI=1S/C18H20N2O/c1-3-20-17-7-5-4-6-15(17)16(12-19)18(20)13-8-10-14(21-2)11-9-13/h4-11H,3,12,19H2,1-2H3. The molecule has 2 aromatic carbocycles. The minimum absolute atomic E-state index is 0.537. The molecule has 0 unspecified atom stereocenters. The first-order valence-electron chi connectivity index (χ1n) is 7.24. The number of hydrogen-bond donors (Lipinski definition) is 1. The van der Waals surface area contributed by atoms with E-state index in [9.17, 15) is 0 Å². The van der Waals surface area contributed by atoms with E-state index in [1.807, 2.05) is 12.1 Å². The lowest BCUT2D eigenvalue weighted by molar-refractivity contribution is 0.415. The zero-order valence-corrected chi connectivity index (χ0v) is 12.5. The molecule has 0 fully saturated rings. The molecule has 0 aliphatic carbocycles. The number of fused-ring (bicyclic) bond motifs is 1. The first kappa shape index (κ1) is 13.7. The molecule has 0 aliphatic rings. The van der Waals surface area contributed by atoms with Crippen molar-refractivity contribution in [2.75, 3.05) is 7.11 Å². The summed E-state index contributed by atoms with van der Waals surface area (Å²) in [5.41, 5.74) is 10.9. The Labute approximate surface area is 125 Å². The van der Waals surface area contributed by atoms with Crippen LogP contribution >= 0.6 is 0 Å². The molecule has 0 amide bonds. The predicted molar refractivity (Wildman–Crippen MR) is 87.5 cm³/mol. The van der Waals surface area contributed by atoms with Crippen LogP contribution in [0, 0.1) is 0 Å². The molecule has 3 heteroatoms. The summed E-state index contributed by atoms with van der Waals surface area (Å²) in [4.78, 5) is 0. The molecule has 108 valence electrons. The van der Waals surface area contributed by atoms with E-state index in [1.54, 1.807) is 7.11 Å². The maximum Gasteiger partial charge on any atom is 0.118 e. The van der Waals surface area contributed by atoms with Crippen LogP contribution in [0.3, 0.4) is 0 Å². The van der Waals surface area contributed by atoms with Gasteiger partial charge in [0.05, 0.1) is 12.8 Å². The largest absolute Gasteiger partial charge is 0.497 e. The molecule has 0 atom stereocenters. The number of nitrogens with two attached hydrogens (primary N) is 1. The Balaban J connectivity index is 2.29. The van der Waals surface area contributed by atoms with Gasteiger partial charge in [-0.3, -0.25) is 0 Å². The Kier molecular flexibility index (Phi) is 3.67. The monoisotopic (exact) mass is 280 g/mol. The first-order valence-corrected chi connectivity index (χ1v) is 7.24. The Morgan fingerprint density at radius 3 is 2.38 bits per heavy atom. The summed E-state index contributed by atoms with van der Waals surface area (Å²) in [6.45, 7) is 3.62. The molecule has 0 saturated carbocycles. The molecule has 21 heavy (non-hydrogen) atoms. The van der Waals surface area contributed by atoms with Gasteiger partial charge in [-0.15, -0.1) is 0 Å². The van der Waals surface area contributed by atoms with Gasteiger partial charge in [-0.25, -0.2) is 0 Å². The number of methoxy groups -OCH3 is 1. The van der Waals surface area contributed by atoms with E-state index < -0.39 is 0 Å². The average Bonchev–Trinajstić information content (AvgIpc) is 2.88. The molecule has 3 rings (SSSR count). The third-order valence-electron chi connectivity index (χ3n) is 3.96. The lowest BCUT2D eigenvalue weighted by atomic mass is 10.1. The van der Waals surface area contributed by atoms with E-state index in [0.717, 1.165) is 12.3 Å². The number of benzene rings is 2. The zero-order chi connectivity index (χ0) is 14.8. The van der Waals surface area contributed by atoms with Crippen molar-refractivity contribution in [1.82, 2.24) is 4.57 Å². The number of ether oxygens (including phenoxy) is 1. The van der Waals surface area contributed by atoms with E-state index >= 15 is 0 Å². The van der Waals surface area contributed by atoms with Gasteiger partial charge >= 0.3 is 0 Å². The highest BCUT2D eigenvalue weighted by atomic mass is 16.5. The Hall–Kier alpha value is -2.26. The summed E-state index contributed by atoms with van der Waals surface area (Å²) in [6.07, 6.45) is 0. The second-order valence-electron chi connectivity index (χ2n) is 5.02. The molecule has 0 saturated heterocycles. The summed E-state index contributed by atoms with van der Waals surface area (Å²) in [5.74, 6) is 0.868. The van der Waals surface area contributed by atoms with Crippen molar-refractivity contribution >= 4 is 10.9 Å². The molecule has 0 spiro atoms. The highest BCUT2D eigenvalue weighted by molar-refractivity contribution is 5.91. The van der Waals surface area contributed by atoms with Gasteiger partial charge in [0.15, 0.2) is 0 Å². The van der Waals surface area contributed by atoms with Crippen LogP contribution in [0.2, 0.25) is 0 Å². The number of aryl methyl sites for hydroxylation is 1. The fourth-order valence-electron chi connectivity index (χ4n) is 2.99. The SMILES string of the molecule is CCn1c(-c2ccc(OC)cc2)c(CN)c2ccccc21. The Bertz CT molecular complexity index is 716. The summed E-state index contributed by atoms with van der Waals surface area (Å²) < 4.78 is 7.58. The maximum atomic E-state index is 6.04. The van der Waals surface area contributed by atoms with Gasteiger partial charge in [-0.05, 0) is 48.4 Å². The topological polar surface area (TPSA) is 40.2 Å². The maximum absolute atomic E-state index is 6.04. The van der Waals surface area contributed by atoms with E-state index in [4.69, 9.17) is 10.5 Å². The predicted octanol–water partition coefficient (Wildman–Crippen LogP) is 3.80. The van der Waals surface area contributed by atoms with Crippen molar-refractivity contribution < 1.29 is 4.74 Å². The van der Waals surface area contributed by atoms with Gasteiger partial charge in [0.25, 0.3) is 0 Å². The van der Waals surface area contributed by atoms with Crippen LogP contribution in [0.1, 0.15) is 12.5 Å². The number of rotatable bonds is 4. The number of hydrogen-bond acceptors (Lipinski definition) is 2. The Morgan fingerprint density at radius 2 is 1.76 bits per heavy atom. The van der Waals surface area contributed by atoms with Crippen LogP contribution in [0.4, 0.5) is 0 Å². The highest BCUT2D eigenvalue weighted by Gasteiger charge is 2.16. The van der Waals surface area contributed by atoms with Crippen LogP contribution < -0.4 is 10.5 Å². The van der Waals surface area contributed by atoms with Crippen molar-refractivity contribution in [2.45, 2.75) is 20.0 Å². The van der Waals surface area contributed by atoms with E-state index in [0.29, 0.717) is 6.54 Å². The zero-order valence-electron chi connectivity index (χ0n) is 12.5. The second-order valence-corrected chi connectivity index (χ2v) is 5.02. The highest BCUT2D eigenvalue weighted by Crippen LogP contribution is 2.34. The normalized spacial score (nSPS) is 11.0. The van der Waals surface area contributed by atoms with Gasteiger partial charge in [-0.2, -0.15) is 0 Å². The first-order chi connectivity index (χ1) is 10.3. The summed E-state index contributed by atoms with van der Waals surface area (Å²) in [5, 5.41) is 1.24. The average molecular weight is 280 g/mol. The van der Waals surface area contributed by atoms with Gasteiger partial charge in [0.1, 0.15) is 5.75 Å². The fraction of sp³-hybridized carbons (Fsp3) is 0.222. The fourth-order valence-corrected chi connectivity index (χ4v) is 2.99. The van der Waals surface area contributed by atoms with Gasteiger partial charge in [0, 0.05) is 24.0 Å². The lowest BCUT2D eigenvalue weighted by Gasteiger charge is -2.10. The van der Waals surface area contributed by atoms with Crippen molar-refractivity contribution in [3.05, 3.63) is 54.1 Å². The van der Waals surface area contributed by atoms with Crippen LogP contribution in [-0.2, 0) is 13.1 Å². The van der Waals surface area contributed by atoms with Crippen LogP contribution in [0.5, 0.6) is 5.75 Å². The molecule has 0 aliphatic heterocycles. The van der Waals surface area contributed by atoms with Crippen LogP contribution in [0.25, 0.3) is 22.2 Å². The van der Waals surface area contributed by atoms with E-state index in [-0.39, 0.29) is 0 Å². The van der Waals surface area contributed by atoms with Gasteiger partial charge in [-0.1, -0.05) is 18.2 Å². The molecule has 1 aromatic heterocycles. The minimum atomic E-state index is 0.537. The molecule has 0 bridgehead atoms. The van der Waals surface area contributed by atoms with Crippen molar-refractivity contribution in [3.8, 4) is 17.0 Å². The molecule has 0 radical (unpaired) electrons. The van der Waals surface area contributed by atoms with E-state index in [1.165, 1.54) is 27.7 Å². The molecular weight excluding hydrogens is 260 g/mol. The molecule has 1 heterocycles. The molecule has 3 nitrogen and oxygen atoms in total. The third kappa shape index (κ3) is 2.20. The smallest absolute Gasteiger partial charge is 0.118 e. The summed E-state index contributed by atoms with van der Waals surface area (Å²) in [6, 6.07) is 16.6. The Morgan fingerprint density at radius 1 is 1.05 bits per heavy atom. The van der Waals surface area contributed by atoms with Gasteiger partial charge < -0.3 is 15.0 Å². The molecular formula is C18H20N2O. The summed E-state index contributed by atoms with van der Waals surface area (Å²) >= 11 is 0. The van der Waals surface area contributed by atoms with E-state index in [2.05, 4.69) is 47.9 Å². The second kappa shape index (κ2) is 5.62. The van der Waals surface area contributed by atoms with Gasteiger partial charge in [0.2, 0.25) is 0 Å². The summed E-state index contributed by atoms with van der Waals surface area (Å²) in [7, 11) is 1.68. The van der Waals surface area contributed by atoms with Crippen molar-refractivity contribution in [3.63, 3.8) is 0 Å². The third-order valence-corrected chi connectivity index (χ3v) is 3.96.